The minimum Gasteiger partial charge on any atom is -0.382 e. The van der Waals surface area contributed by atoms with Crippen LogP contribution in [0.4, 0.5) is 0 Å². The van der Waals surface area contributed by atoms with E-state index in [1.54, 1.807) is 7.11 Å². The highest BCUT2D eigenvalue weighted by Crippen LogP contribution is 2.19. The number of fused-ring (bicyclic) bond motifs is 1. The van der Waals surface area contributed by atoms with Crippen LogP contribution in [0.3, 0.4) is 0 Å². The molecular weight excluding hydrogens is 296 g/mol. The Bertz CT molecular complexity index is 609. The second-order valence-corrected chi connectivity index (χ2v) is 5.38. The van der Waals surface area contributed by atoms with Gasteiger partial charge in [0.1, 0.15) is 0 Å². The maximum atomic E-state index is 6.04. The van der Waals surface area contributed by atoms with E-state index in [9.17, 15) is 0 Å². The number of halogens is 1. The zero-order valence-corrected chi connectivity index (χ0v) is 13.1. The Morgan fingerprint density at radius 3 is 2.90 bits per heavy atom. The van der Waals surface area contributed by atoms with Gasteiger partial charge in [-0.3, -0.25) is 0 Å². The summed E-state index contributed by atoms with van der Waals surface area (Å²) in [6.07, 6.45) is 2.01. The second kappa shape index (κ2) is 7.78. The molecule has 20 heavy (non-hydrogen) atoms. The summed E-state index contributed by atoms with van der Waals surface area (Å²) in [5.41, 5.74) is 2.08. The average Bonchev–Trinajstić information content (AvgIpc) is 2.73. The van der Waals surface area contributed by atoms with E-state index in [0.29, 0.717) is 13.2 Å². The molecule has 0 amide bonds. The van der Waals surface area contributed by atoms with Crippen LogP contribution in [-0.2, 0) is 16.0 Å². The van der Waals surface area contributed by atoms with Crippen molar-refractivity contribution in [3.63, 3.8) is 0 Å². The standard InChI is InChI=1S/C14H19ClN2O2S/c1-18-8-9-19-7-3-2-6-17-13-10-11(15)4-5-12(13)16-14(17)20/h4-5,10H,2-3,6-9H2,1H3,(H,16,20). The number of nitrogens with zero attached hydrogens (tertiary/aromatic N) is 1. The Hall–Kier alpha value is -0.880. The van der Waals surface area contributed by atoms with E-state index in [0.717, 1.165) is 46.8 Å². The number of benzene rings is 1. The van der Waals surface area contributed by atoms with Gasteiger partial charge >= 0.3 is 0 Å². The van der Waals surface area contributed by atoms with Gasteiger partial charge in [-0.15, -0.1) is 0 Å². The summed E-state index contributed by atoms with van der Waals surface area (Å²) in [5, 5.41) is 0.725. The van der Waals surface area contributed by atoms with Gasteiger partial charge < -0.3 is 19.0 Å². The van der Waals surface area contributed by atoms with Gasteiger partial charge in [-0.1, -0.05) is 11.6 Å². The first-order valence-electron chi connectivity index (χ1n) is 6.67. The lowest BCUT2D eigenvalue weighted by atomic mass is 10.3. The van der Waals surface area contributed by atoms with Gasteiger partial charge in [0.05, 0.1) is 24.2 Å². The van der Waals surface area contributed by atoms with Crippen molar-refractivity contribution < 1.29 is 9.47 Å². The fourth-order valence-corrected chi connectivity index (χ4v) is 2.53. The molecule has 0 saturated carbocycles. The minimum atomic E-state index is 0.645. The van der Waals surface area contributed by atoms with Crippen LogP contribution in [0.1, 0.15) is 12.8 Å². The summed E-state index contributed by atoms with van der Waals surface area (Å²) in [4.78, 5) is 3.19. The van der Waals surface area contributed by atoms with E-state index in [4.69, 9.17) is 33.3 Å². The molecule has 0 aliphatic heterocycles. The third-order valence-corrected chi connectivity index (χ3v) is 3.65. The van der Waals surface area contributed by atoms with Crippen molar-refractivity contribution in [2.45, 2.75) is 19.4 Å². The highest BCUT2D eigenvalue weighted by molar-refractivity contribution is 7.71. The minimum absolute atomic E-state index is 0.645. The number of aromatic nitrogens is 2. The Labute approximate surface area is 128 Å². The number of unbranched alkanes of at least 4 members (excludes halogenated alkanes) is 1. The van der Waals surface area contributed by atoms with Crippen LogP contribution in [-0.4, -0.2) is 36.5 Å². The van der Waals surface area contributed by atoms with Crippen molar-refractivity contribution in [1.29, 1.82) is 0 Å². The number of imidazole rings is 1. The number of nitrogens with one attached hydrogen (secondary N) is 1. The number of aromatic amines is 1. The summed E-state index contributed by atoms with van der Waals surface area (Å²) in [7, 11) is 1.67. The first-order valence-corrected chi connectivity index (χ1v) is 7.46. The smallest absolute Gasteiger partial charge is 0.178 e. The van der Waals surface area contributed by atoms with Crippen molar-refractivity contribution in [1.82, 2.24) is 9.55 Å². The fraction of sp³-hybridized carbons (Fsp3) is 0.500. The number of hydrogen-bond donors (Lipinski definition) is 1. The van der Waals surface area contributed by atoms with Crippen LogP contribution in [0.2, 0.25) is 5.02 Å². The SMILES string of the molecule is COCCOCCCCn1c(=S)[nH]c2ccc(Cl)cc21. The molecule has 1 aromatic heterocycles. The Balaban J connectivity index is 1.88. The largest absolute Gasteiger partial charge is 0.382 e. The topological polar surface area (TPSA) is 39.2 Å². The second-order valence-electron chi connectivity index (χ2n) is 4.56. The van der Waals surface area contributed by atoms with E-state index in [-0.39, 0.29) is 0 Å². The van der Waals surface area contributed by atoms with Crippen LogP contribution in [0.15, 0.2) is 18.2 Å². The first-order chi connectivity index (χ1) is 9.72. The molecule has 2 aromatic rings. The van der Waals surface area contributed by atoms with E-state index in [1.165, 1.54) is 0 Å². The third kappa shape index (κ3) is 4.06. The lowest BCUT2D eigenvalue weighted by molar-refractivity contribution is 0.0684. The van der Waals surface area contributed by atoms with Crippen LogP contribution in [0.5, 0.6) is 0 Å². The number of rotatable bonds is 8. The molecular formula is C14H19ClN2O2S. The van der Waals surface area contributed by atoms with Crippen molar-refractivity contribution >= 4 is 34.9 Å². The zero-order valence-electron chi connectivity index (χ0n) is 11.5. The molecule has 0 aliphatic carbocycles. The molecule has 4 nitrogen and oxygen atoms in total. The van der Waals surface area contributed by atoms with Crippen molar-refractivity contribution in [2.75, 3.05) is 26.9 Å². The van der Waals surface area contributed by atoms with Crippen molar-refractivity contribution in [3.05, 3.63) is 28.0 Å². The van der Waals surface area contributed by atoms with Gasteiger partial charge in [0.25, 0.3) is 0 Å². The first kappa shape index (κ1) is 15.5. The van der Waals surface area contributed by atoms with Gasteiger partial charge in [-0.2, -0.15) is 0 Å². The van der Waals surface area contributed by atoms with Gasteiger partial charge in [-0.05, 0) is 43.3 Å². The van der Waals surface area contributed by atoms with Crippen molar-refractivity contribution in [3.8, 4) is 0 Å². The maximum Gasteiger partial charge on any atom is 0.178 e. The molecule has 1 N–H and O–H groups in total. The molecule has 6 heteroatoms. The predicted octanol–water partition coefficient (Wildman–Crippen LogP) is 3.80. The summed E-state index contributed by atoms with van der Waals surface area (Å²) < 4.78 is 13.2. The van der Waals surface area contributed by atoms with Crippen LogP contribution in [0, 0.1) is 4.77 Å². The molecule has 110 valence electrons. The zero-order chi connectivity index (χ0) is 14.4. The summed E-state index contributed by atoms with van der Waals surface area (Å²) >= 11 is 11.4. The molecule has 0 unspecified atom stereocenters. The molecule has 0 bridgehead atoms. The number of hydrogen-bond acceptors (Lipinski definition) is 3. The monoisotopic (exact) mass is 314 g/mol. The molecule has 0 atom stereocenters. The molecule has 2 rings (SSSR count). The Morgan fingerprint density at radius 2 is 2.10 bits per heavy atom. The number of aryl methyl sites for hydroxylation is 1. The van der Waals surface area contributed by atoms with E-state index >= 15 is 0 Å². The van der Waals surface area contributed by atoms with Gasteiger partial charge in [0.2, 0.25) is 0 Å². The van der Waals surface area contributed by atoms with Gasteiger partial charge in [0, 0.05) is 25.3 Å². The highest BCUT2D eigenvalue weighted by Gasteiger charge is 2.04. The number of H-pyrrole nitrogens is 1. The third-order valence-electron chi connectivity index (χ3n) is 3.09. The van der Waals surface area contributed by atoms with E-state index < -0.39 is 0 Å². The molecule has 0 fully saturated rings. The Kier molecular flexibility index (Phi) is 6.04. The lowest BCUT2D eigenvalue weighted by Crippen LogP contribution is -2.04. The summed E-state index contributed by atoms with van der Waals surface area (Å²) in [6.45, 7) is 2.91. The van der Waals surface area contributed by atoms with E-state index in [1.807, 2.05) is 18.2 Å². The number of methoxy groups -OCH3 is 1. The van der Waals surface area contributed by atoms with Crippen LogP contribution in [0.25, 0.3) is 11.0 Å². The van der Waals surface area contributed by atoms with Crippen LogP contribution < -0.4 is 0 Å². The normalized spacial score (nSPS) is 11.3. The number of ether oxygens (including phenoxy) is 2. The maximum absolute atomic E-state index is 6.04. The van der Waals surface area contributed by atoms with Crippen molar-refractivity contribution in [2.24, 2.45) is 0 Å². The molecule has 0 spiro atoms. The van der Waals surface area contributed by atoms with Gasteiger partial charge in [-0.25, -0.2) is 0 Å². The van der Waals surface area contributed by atoms with E-state index in [2.05, 4.69) is 9.55 Å². The molecule has 0 saturated heterocycles. The molecule has 0 radical (unpaired) electrons. The quantitative estimate of drug-likeness (QED) is 0.595. The predicted molar refractivity (Wildman–Crippen MR) is 84.1 cm³/mol. The summed E-state index contributed by atoms with van der Waals surface area (Å²) in [5.74, 6) is 0. The molecule has 1 heterocycles. The lowest BCUT2D eigenvalue weighted by Gasteiger charge is -2.06. The Morgan fingerprint density at radius 1 is 1.25 bits per heavy atom. The summed E-state index contributed by atoms with van der Waals surface area (Å²) in [6, 6.07) is 5.76. The van der Waals surface area contributed by atoms with Crippen LogP contribution >= 0.6 is 23.8 Å². The highest BCUT2D eigenvalue weighted by atomic mass is 35.5. The molecule has 0 aliphatic rings. The molecule has 1 aromatic carbocycles. The van der Waals surface area contributed by atoms with Gasteiger partial charge in [0.15, 0.2) is 4.77 Å². The average molecular weight is 315 g/mol. The fourth-order valence-electron chi connectivity index (χ4n) is 2.07.